The zero-order valence-corrected chi connectivity index (χ0v) is 11.3. The molecule has 1 aliphatic rings. The van der Waals surface area contributed by atoms with Crippen molar-refractivity contribution in [3.8, 4) is 0 Å². The van der Waals surface area contributed by atoms with Crippen LogP contribution in [0, 0.1) is 5.92 Å². The SMILES string of the molecule is O=C(O)CCc1csc(NCC2CCCCC2)n1. The molecule has 1 fully saturated rings. The number of nitrogens with one attached hydrogen (secondary N) is 1. The molecule has 0 unspecified atom stereocenters. The molecule has 2 N–H and O–H groups in total. The van der Waals surface area contributed by atoms with Crippen LogP contribution in [-0.2, 0) is 11.2 Å². The van der Waals surface area contributed by atoms with Gasteiger partial charge in [0.15, 0.2) is 5.13 Å². The van der Waals surface area contributed by atoms with Crippen LogP contribution in [0.3, 0.4) is 0 Å². The molecule has 4 nitrogen and oxygen atoms in total. The molecule has 1 saturated carbocycles. The van der Waals surface area contributed by atoms with Crippen molar-refractivity contribution in [2.24, 2.45) is 5.92 Å². The topological polar surface area (TPSA) is 62.2 Å². The highest BCUT2D eigenvalue weighted by Gasteiger charge is 2.13. The lowest BCUT2D eigenvalue weighted by atomic mass is 9.89. The lowest BCUT2D eigenvalue weighted by Crippen LogP contribution is -2.17. The monoisotopic (exact) mass is 268 g/mol. The van der Waals surface area contributed by atoms with Crippen LogP contribution in [0.1, 0.15) is 44.2 Å². The normalized spacial score (nSPS) is 16.7. The Kier molecular flexibility index (Phi) is 4.99. The van der Waals surface area contributed by atoms with Gasteiger partial charge in [-0.05, 0) is 18.8 Å². The predicted octanol–water partition coefficient (Wildman–Crippen LogP) is 3.15. The second-order valence-electron chi connectivity index (χ2n) is 4.92. The number of carboxylic acid groups (broad SMARTS) is 1. The molecule has 2 rings (SSSR count). The van der Waals surface area contributed by atoms with Crippen molar-refractivity contribution in [3.63, 3.8) is 0 Å². The number of thiazole rings is 1. The quantitative estimate of drug-likeness (QED) is 0.832. The number of carboxylic acids is 1. The lowest BCUT2D eigenvalue weighted by molar-refractivity contribution is -0.136. The average Bonchev–Trinajstić information content (AvgIpc) is 2.83. The van der Waals surface area contributed by atoms with E-state index >= 15 is 0 Å². The summed E-state index contributed by atoms with van der Waals surface area (Å²) in [7, 11) is 0. The molecule has 1 aromatic heterocycles. The smallest absolute Gasteiger partial charge is 0.303 e. The van der Waals surface area contributed by atoms with Crippen molar-refractivity contribution in [2.75, 3.05) is 11.9 Å². The van der Waals surface area contributed by atoms with Crippen LogP contribution in [0.25, 0.3) is 0 Å². The van der Waals surface area contributed by atoms with E-state index < -0.39 is 5.97 Å². The van der Waals surface area contributed by atoms with Crippen LogP contribution in [-0.4, -0.2) is 22.6 Å². The molecule has 100 valence electrons. The highest BCUT2D eigenvalue weighted by atomic mass is 32.1. The summed E-state index contributed by atoms with van der Waals surface area (Å²) in [6.07, 6.45) is 7.42. The van der Waals surface area contributed by atoms with Crippen molar-refractivity contribution < 1.29 is 9.90 Å². The molecule has 0 atom stereocenters. The third-order valence-electron chi connectivity index (χ3n) is 3.41. The molecule has 0 spiro atoms. The number of rotatable bonds is 6. The number of anilines is 1. The predicted molar refractivity (Wildman–Crippen MR) is 73.1 cm³/mol. The van der Waals surface area contributed by atoms with Gasteiger partial charge in [0, 0.05) is 18.3 Å². The Morgan fingerprint density at radius 2 is 2.22 bits per heavy atom. The third kappa shape index (κ3) is 4.29. The summed E-state index contributed by atoms with van der Waals surface area (Å²) in [5, 5.41) is 14.9. The second kappa shape index (κ2) is 6.73. The Labute approximate surface area is 111 Å². The lowest BCUT2D eigenvalue weighted by Gasteiger charge is -2.21. The minimum Gasteiger partial charge on any atom is -0.481 e. The summed E-state index contributed by atoms with van der Waals surface area (Å²) < 4.78 is 0. The Balaban J connectivity index is 1.73. The van der Waals surface area contributed by atoms with Gasteiger partial charge in [-0.1, -0.05) is 19.3 Å². The fourth-order valence-electron chi connectivity index (χ4n) is 2.36. The first-order valence-corrected chi connectivity index (χ1v) is 7.52. The zero-order valence-electron chi connectivity index (χ0n) is 10.5. The third-order valence-corrected chi connectivity index (χ3v) is 4.26. The van der Waals surface area contributed by atoms with E-state index in [2.05, 4.69) is 10.3 Å². The van der Waals surface area contributed by atoms with E-state index in [9.17, 15) is 4.79 Å². The molecular weight excluding hydrogens is 248 g/mol. The molecule has 0 aliphatic heterocycles. The fraction of sp³-hybridized carbons (Fsp3) is 0.692. The van der Waals surface area contributed by atoms with E-state index in [0.29, 0.717) is 6.42 Å². The molecule has 0 amide bonds. The van der Waals surface area contributed by atoms with Gasteiger partial charge in [0.25, 0.3) is 0 Å². The Hall–Kier alpha value is -1.10. The van der Waals surface area contributed by atoms with Gasteiger partial charge in [0.1, 0.15) is 0 Å². The highest BCUT2D eigenvalue weighted by molar-refractivity contribution is 7.13. The first-order chi connectivity index (χ1) is 8.74. The van der Waals surface area contributed by atoms with Crippen molar-refractivity contribution in [1.82, 2.24) is 4.98 Å². The van der Waals surface area contributed by atoms with Gasteiger partial charge in [-0.2, -0.15) is 0 Å². The molecule has 1 heterocycles. The van der Waals surface area contributed by atoms with E-state index in [0.717, 1.165) is 23.3 Å². The number of hydrogen-bond acceptors (Lipinski definition) is 4. The number of aryl methyl sites for hydroxylation is 1. The average molecular weight is 268 g/mol. The van der Waals surface area contributed by atoms with E-state index in [-0.39, 0.29) is 6.42 Å². The standard InChI is InChI=1S/C13H20N2O2S/c16-12(17)7-6-11-9-18-13(15-11)14-8-10-4-2-1-3-5-10/h9-10H,1-8H2,(H,14,15)(H,16,17). The summed E-state index contributed by atoms with van der Waals surface area (Å²) >= 11 is 1.57. The van der Waals surface area contributed by atoms with E-state index in [1.807, 2.05) is 5.38 Å². The van der Waals surface area contributed by atoms with Gasteiger partial charge in [-0.15, -0.1) is 11.3 Å². The summed E-state index contributed by atoms with van der Waals surface area (Å²) in [6.45, 7) is 1.01. The first-order valence-electron chi connectivity index (χ1n) is 6.64. The molecule has 1 aliphatic carbocycles. The Morgan fingerprint density at radius 3 is 2.94 bits per heavy atom. The number of hydrogen-bond donors (Lipinski definition) is 2. The van der Waals surface area contributed by atoms with Crippen LogP contribution >= 0.6 is 11.3 Å². The maximum absolute atomic E-state index is 10.5. The van der Waals surface area contributed by atoms with Crippen LogP contribution in [0.2, 0.25) is 0 Å². The number of carbonyl (C=O) groups is 1. The summed E-state index contributed by atoms with van der Waals surface area (Å²) in [4.78, 5) is 14.9. The van der Waals surface area contributed by atoms with Crippen LogP contribution < -0.4 is 5.32 Å². The van der Waals surface area contributed by atoms with E-state index in [1.54, 1.807) is 11.3 Å². The molecule has 0 radical (unpaired) electrons. The van der Waals surface area contributed by atoms with Crippen LogP contribution in [0.5, 0.6) is 0 Å². The largest absolute Gasteiger partial charge is 0.481 e. The van der Waals surface area contributed by atoms with Crippen molar-refractivity contribution >= 4 is 22.4 Å². The number of aromatic nitrogens is 1. The second-order valence-corrected chi connectivity index (χ2v) is 5.78. The van der Waals surface area contributed by atoms with Crippen LogP contribution in [0.15, 0.2) is 5.38 Å². The summed E-state index contributed by atoms with van der Waals surface area (Å²) in [5.74, 6) is 0.0184. The van der Waals surface area contributed by atoms with Crippen molar-refractivity contribution in [3.05, 3.63) is 11.1 Å². The minimum absolute atomic E-state index is 0.159. The summed E-state index contributed by atoms with van der Waals surface area (Å²) in [6, 6.07) is 0. The highest BCUT2D eigenvalue weighted by Crippen LogP contribution is 2.24. The molecular formula is C13H20N2O2S. The Morgan fingerprint density at radius 1 is 1.44 bits per heavy atom. The van der Waals surface area contributed by atoms with Gasteiger partial charge >= 0.3 is 5.97 Å². The minimum atomic E-state index is -0.764. The van der Waals surface area contributed by atoms with Gasteiger partial charge in [0.05, 0.1) is 12.1 Å². The van der Waals surface area contributed by atoms with Gasteiger partial charge in [-0.3, -0.25) is 4.79 Å². The van der Waals surface area contributed by atoms with Gasteiger partial charge < -0.3 is 10.4 Å². The van der Waals surface area contributed by atoms with E-state index in [1.165, 1.54) is 32.1 Å². The van der Waals surface area contributed by atoms with Crippen molar-refractivity contribution in [2.45, 2.75) is 44.9 Å². The summed E-state index contributed by atoms with van der Waals surface area (Å²) in [5.41, 5.74) is 0.883. The van der Waals surface area contributed by atoms with Gasteiger partial charge in [-0.25, -0.2) is 4.98 Å². The fourth-order valence-corrected chi connectivity index (χ4v) is 3.12. The number of aliphatic carboxylic acids is 1. The molecule has 0 bridgehead atoms. The number of nitrogens with zero attached hydrogens (tertiary/aromatic N) is 1. The Bertz CT molecular complexity index is 386. The molecule has 18 heavy (non-hydrogen) atoms. The maximum atomic E-state index is 10.5. The molecule has 5 heteroatoms. The molecule has 0 saturated heterocycles. The molecule has 1 aromatic rings. The zero-order chi connectivity index (χ0) is 12.8. The maximum Gasteiger partial charge on any atom is 0.303 e. The van der Waals surface area contributed by atoms with Crippen LogP contribution in [0.4, 0.5) is 5.13 Å². The first kappa shape index (κ1) is 13.3. The van der Waals surface area contributed by atoms with Crippen molar-refractivity contribution in [1.29, 1.82) is 0 Å². The molecule has 0 aromatic carbocycles. The van der Waals surface area contributed by atoms with Gasteiger partial charge in [0.2, 0.25) is 0 Å². The van der Waals surface area contributed by atoms with E-state index in [4.69, 9.17) is 5.11 Å².